The Morgan fingerprint density at radius 2 is 2.20 bits per heavy atom. The van der Waals surface area contributed by atoms with Gasteiger partial charge >= 0.3 is 0 Å². The maximum atomic E-state index is 12.1. The number of nitrogens with zero attached hydrogens (tertiary/aromatic N) is 1. The second-order valence-corrected chi connectivity index (χ2v) is 7.19. The summed E-state index contributed by atoms with van der Waals surface area (Å²) in [5, 5.41) is 5.20. The number of primary amides is 1. The largest absolute Gasteiger partial charge is 0.369 e. The molecule has 20 heavy (non-hydrogen) atoms. The number of carbonyl (C=O) groups excluding carboxylic acids is 2. The predicted octanol–water partition coefficient (Wildman–Crippen LogP) is 2.65. The molecule has 2 rings (SSSR count). The number of amides is 2. The van der Waals surface area contributed by atoms with Crippen LogP contribution < -0.4 is 11.1 Å². The fourth-order valence-electron chi connectivity index (χ4n) is 1.47. The van der Waals surface area contributed by atoms with Crippen molar-refractivity contribution in [2.75, 3.05) is 11.1 Å². The minimum atomic E-state index is -0.373. The van der Waals surface area contributed by atoms with E-state index in [1.54, 1.807) is 0 Å². The average molecular weight is 327 g/mol. The van der Waals surface area contributed by atoms with E-state index in [-0.39, 0.29) is 17.6 Å². The van der Waals surface area contributed by atoms with Gasteiger partial charge < -0.3 is 5.73 Å². The van der Waals surface area contributed by atoms with Gasteiger partial charge in [0.05, 0.1) is 20.5 Å². The van der Waals surface area contributed by atoms with E-state index >= 15 is 0 Å². The van der Waals surface area contributed by atoms with Gasteiger partial charge in [0.25, 0.3) is 5.91 Å². The van der Waals surface area contributed by atoms with Crippen molar-refractivity contribution in [2.45, 2.75) is 18.1 Å². The van der Waals surface area contributed by atoms with Crippen molar-refractivity contribution < 1.29 is 9.59 Å². The van der Waals surface area contributed by atoms with Gasteiger partial charge in [-0.3, -0.25) is 14.9 Å². The molecule has 106 valence electrons. The van der Waals surface area contributed by atoms with Gasteiger partial charge in [-0.2, -0.15) is 0 Å². The van der Waals surface area contributed by atoms with Gasteiger partial charge in [-0.15, -0.1) is 23.1 Å². The highest BCUT2D eigenvalue weighted by molar-refractivity contribution is 8.01. The van der Waals surface area contributed by atoms with Crippen LogP contribution in [0.15, 0.2) is 15.7 Å². The lowest BCUT2D eigenvalue weighted by molar-refractivity contribution is -0.115. The number of carbonyl (C=O) groups is 2. The molecule has 0 saturated carbocycles. The van der Waals surface area contributed by atoms with Gasteiger partial charge in [0.2, 0.25) is 5.91 Å². The smallest absolute Gasteiger partial charge is 0.267 e. The third kappa shape index (κ3) is 3.59. The number of aromatic nitrogens is 1. The van der Waals surface area contributed by atoms with E-state index in [0.29, 0.717) is 10.0 Å². The quantitative estimate of drug-likeness (QED) is 0.827. The van der Waals surface area contributed by atoms with Gasteiger partial charge in [-0.25, -0.2) is 4.98 Å². The standard InChI is InChI=1S/C12H13N3O2S3/c1-6-3-4-18-9(6)10(17)15-12-14-7(2)11(20-12)19-5-8(13)16/h3-4H,5H2,1-2H3,(H2,13,16)(H,14,15,17). The monoisotopic (exact) mass is 327 g/mol. The molecule has 8 heteroatoms. The highest BCUT2D eigenvalue weighted by Crippen LogP contribution is 2.32. The van der Waals surface area contributed by atoms with Crippen molar-refractivity contribution in [1.82, 2.24) is 4.98 Å². The Labute approximate surface area is 128 Å². The molecule has 2 heterocycles. The number of aryl methyl sites for hydroxylation is 2. The van der Waals surface area contributed by atoms with Crippen LogP contribution in [0.1, 0.15) is 20.9 Å². The lowest BCUT2D eigenvalue weighted by Crippen LogP contribution is -2.12. The summed E-state index contributed by atoms with van der Waals surface area (Å²) in [5.41, 5.74) is 6.85. The van der Waals surface area contributed by atoms with Gasteiger partial charge in [-0.1, -0.05) is 11.3 Å². The molecule has 2 amide bonds. The molecule has 2 aromatic heterocycles. The molecule has 0 unspecified atom stereocenters. The number of hydrogen-bond donors (Lipinski definition) is 2. The number of rotatable bonds is 5. The zero-order valence-corrected chi connectivity index (χ0v) is 13.4. The number of nitrogens with one attached hydrogen (secondary N) is 1. The average Bonchev–Trinajstić information content (AvgIpc) is 2.93. The first-order valence-corrected chi connectivity index (χ1v) is 8.39. The summed E-state index contributed by atoms with van der Waals surface area (Å²) < 4.78 is 0.891. The Balaban J connectivity index is 2.07. The van der Waals surface area contributed by atoms with Crippen LogP contribution in [-0.4, -0.2) is 22.6 Å². The molecular formula is C12H13N3O2S3. The van der Waals surface area contributed by atoms with Crippen LogP contribution in [0, 0.1) is 13.8 Å². The lowest BCUT2D eigenvalue weighted by atomic mass is 10.3. The second-order valence-electron chi connectivity index (χ2n) is 4.03. The summed E-state index contributed by atoms with van der Waals surface area (Å²) in [6.45, 7) is 3.73. The number of thiazole rings is 1. The lowest BCUT2D eigenvalue weighted by Gasteiger charge is -1.99. The van der Waals surface area contributed by atoms with Crippen LogP contribution >= 0.6 is 34.4 Å². The first-order valence-electron chi connectivity index (χ1n) is 5.71. The normalized spacial score (nSPS) is 10.5. The first-order chi connectivity index (χ1) is 9.47. The van der Waals surface area contributed by atoms with E-state index in [0.717, 1.165) is 15.5 Å². The third-order valence-corrected chi connectivity index (χ3v) is 5.86. The molecule has 2 aromatic rings. The van der Waals surface area contributed by atoms with Crippen LogP contribution in [0.25, 0.3) is 0 Å². The fraction of sp³-hybridized carbons (Fsp3) is 0.250. The molecule has 5 nitrogen and oxygen atoms in total. The van der Waals surface area contributed by atoms with Crippen LogP contribution in [-0.2, 0) is 4.79 Å². The summed E-state index contributed by atoms with van der Waals surface area (Å²) in [5.74, 6) is -0.319. The van der Waals surface area contributed by atoms with Crippen molar-refractivity contribution >= 4 is 51.4 Å². The van der Waals surface area contributed by atoms with Gasteiger partial charge in [0, 0.05) is 0 Å². The van der Waals surface area contributed by atoms with Crippen molar-refractivity contribution in [3.8, 4) is 0 Å². The molecule has 0 atom stereocenters. The van der Waals surface area contributed by atoms with Crippen LogP contribution in [0.4, 0.5) is 5.13 Å². The molecule has 0 saturated heterocycles. The SMILES string of the molecule is Cc1ccsc1C(=O)Nc1nc(C)c(SCC(N)=O)s1. The van der Waals surface area contributed by atoms with Crippen molar-refractivity contribution in [1.29, 1.82) is 0 Å². The van der Waals surface area contributed by atoms with Gasteiger partial charge in [0.15, 0.2) is 5.13 Å². The fourth-order valence-corrected chi connectivity index (χ4v) is 4.16. The van der Waals surface area contributed by atoms with Gasteiger partial charge in [-0.05, 0) is 30.9 Å². The second kappa shape index (κ2) is 6.38. The molecule has 0 aliphatic heterocycles. The highest BCUT2D eigenvalue weighted by Gasteiger charge is 2.15. The van der Waals surface area contributed by atoms with E-state index in [9.17, 15) is 9.59 Å². The van der Waals surface area contributed by atoms with E-state index in [1.165, 1.54) is 34.4 Å². The molecule has 0 aromatic carbocycles. The molecular weight excluding hydrogens is 314 g/mol. The van der Waals surface area contributed by atoms with Crippen LogP contribution in [0.2, 0.25) is 0 Å². The Hall–Kier alpha value is -1.38. The number of thioether (sulfide) groups is 1. The minimum Gasteiger partial charge on any atom is -0.369 e. The number of anilines is 1. The third-order valence-electron chi connectivity index (χ3n) is 2.39. The molecule has 0 radical (unpaired) electrons. The van der Waals surface area contributed by atoms with Crippen molar-refractivity contribution in [2.24, 2.45) is 5.73 Å². The molecule has 0 fully saturated rings. The summed E-state index contributed by atoms with van der Waals surface area (Å²) >= 11 is 4.09. The Morgan fingerprint density at radius 1 is 1.45 bits per heavy atom. The zero-order chi connectivity index (χ0) is 14.7. The molecule has 0 spiro atoms. The van der Waals surface area contributed by atoms with E-state index in [2.05, 4.69) is 10.3 Å². The molecule has 0 aliphatic carbocycles. The Bertz CT molecular complexity index is 648. The van der Waals surface area contributed by atoms with E-state index < -0.39 is 0 Å². The Kier molecular flexibility index (Phi) is 4.79. The highest BCUT2D eigenvalue weighted by atomic mass is 32.2. The van der Waals surface area contributed by atoms with E-state index in [1.807, 2.05) is 25.3 Å². The van der Waals surface area contributed by atoms with Crippen LogP contribution in [0.5, 0.6) is 0 Å². The molecule has 3 N–H and O–H groups in total. The number of nitrogens with two attached hydrogens (primary N) is 1. The number of thiophene rings is 1. The Morgan fingerprint density at radius 3 is 2.80 bits per heavy atom. The molecule has 0 aliphatic rings. The molecule has 0 bridgehead atoms. The number of hydrogen-bond acceptors (Lipinski definition) is 6. The maximum absolute atomic E-state index is 12.1. The summed E-state index contributed by atoms with van der Waals surface area (Å²) in [4.78, 5) is 27.8. The van der Waals surface area contributed by atoms with Crippen LogP contribution in [0.3, 0.4) is 0 Å². The van der Waals surface area contributed by atoms with Crippen molar-refractivity contribution in [3.05, 3.63) is 27.6 Å². The minimum absolute atomic E-state index is 0.155. The topological polar surface area (TPSA) is 85.1 Å². The maximum Gasteiger partial charge on any atom is 0.267 e. The summed E-state index contributed by atoms with van der Waals surface area (Å²) in [6.07, 6.45) is 0. The summed E-state index contributed by atoms with van der Waals surface area (Å²) in [7, 11) is 0. The zero-order valence-electron chi connectivity index (χ0n) is 10.9. The van der Waals surface area contributed by atoms with Gasteiger partial charge in [0.1, 0.15) is 0 Å². The first kappa shape index (κ1) is 15.0. The van der Waals surface area contributed by atoms with E-state index in [4.69, 9.17) is 5.73 Å². The summed E-state index contributed by atoms with van der Waals surface area (Å²) in [6, 6.07) is 1.90. The van der Waals surface area contributed by atoms with Crippen molar-refractivity contribution in [3.63, 3.8) is 0 Å². The predicted molar refractivity (Wildman–Crippen MR) is 83.8 cm³/mol.